The van der Waals surface area contributed by atoms with Crippen LogP contribution in [0, 0.1) is 0 Å². The van der Waals surface area contributed by atoms with Gasteiger partial charge in [0.05, 0.1) is 0 Å². The third-order valence-corrected chi connectivity index (χ3v) is 2.87. The molecular weight excluding hydrogens is 244 g/mol. The van der Waals surface area contributed by atoms with Gasteiger partial charge in [-0.1, -0.05) is 12.2 Å². The Morgan fingerprint density at radius 2 is 2.44 bits per heavy atom. The smallest absolute Gasteiger partial charge is 0.223 e. The molecule has 0 fully saturated rings. The first-order valence-electron chi connectivity index (χ1n) is 4.76. The number of thiocarbonyl (C=S) groups is 1. The lowest BCUT2D eigenvalue weighted by Gasteiger charge is -2.04. The van der Waals surface area contributed by atoms with E-state index in [9.17, 15) is 4.21 Å². The molecule has 0 aliphatic carbocycles. The van der Waals surface area contributed by atoms with E-state index >= 15 is 0 Å². The number of rotatable bonds is 6. The molecule has 0 aliphatic heterocycles. The number of aromatic nitrogens is 2. The summed E-state index contributed by atoms with van der Waals surface area (Å²) in [5, 5.41) is 3.02. The van der Waals surface area contributed by atoms with Crippen molar-refractivity contribution < 1.29 is 4.21 Å². The zero-order chi connectivity index (χ0) is 12.0. The zero-order valence-corrected chi connectivity index (χ0v) is 10.6. The normalized spacial score (nSPS) is 12.1. The Hall–Kier alpha value is -1.08. The summed E-state index contributed by atoms with van der Waals surface area (Å²) < 4.78 is 10.8. The Morgan fingerprint density at radius 3 is 3.06 bits per heavy atom. The van der Waals surface area contributed by atoms with Crippen molar-refractivity contribution in [1.29, 1.82) is 0 Å². The van der Waals surface area contributed by atoms with Crippen LogP contribution in [0.4, 0.5) is 5.95 Å². The predicted molar refractivity (Wildman–Crippen MR) is 70.0 cm³/mol. The fourth-order valence-electron chi connectivity index (χ4n) is 1.06. The molecule has 1 unspecified atom stereocenters. The molecule has 1 aromatic rings. The second-order valence-electron chi connectivity index (χ2n) is 3.19. The summed E-state index contributed by atoms with van der Waals surface area (Å²) >= 11 is 4.81. The van der Waals surface area contributed by atoms with Crippen LogP contribution in [0.15, 0.2) is 12.3 Å². The highest BCUT2D eigenvalue weighted by Crippen LogP contribution is 2.00. The van der Waals surface area contributed by atoms with Gasteiger partial charge in [-0.05, 0) is 12.5 Å². The first kappa shape index (κ1) is 13.0. The van der Waals surface area contributed by atoms with Crippen molar-refractivity contribution in [1.82, 2.24) is 9.97 Å². The second-order valence-corrected chi connectivity index (χ2v) is 5.18. The van der Waals surface area contributed by atoms with Crippen molar-refractivity contribution in [2.75, 3.05) is 23.9 Å². The molecule has 3 N–H and O–H groups in total. The molecule has 1 heterocycles. The fraction of sp³-hybridized carbons (Fsp3) is 0.444. The van der Waals surface area contributed by atoms with E-state index in [1.54, 1.807) is 18.5 Å². The quantitative estimate of drug-likeness (QED) is 0.564. The Bertz CT molecular complexity index is 397. The monoisotopic (exact) mass is 258 g/mol. The lowest BCUT2D eigenvalue weighted by atomic mass is 10.4. The van der Waals surface area contributed by atoms with Gasteiger partial charge in [0.15, 0.2) is 0 Å². The van der Waals surface area contributed by atoms with E-state index in [-0.39, 0.29) is 4.99 Å². The van der Waals surface area contributed by atoms with Crippen LogP contribution in [-0.4, -0.2) is 37.7 Å². The molecule has 0 saturated heterocycles. The maximum Gasteiger partial charge on any atom is 0.223 e. The van der Waals surface area contributed by atoms with E-state index < -0.39 is 10.8 Å². The third-order valence-electron chi connectivity index (χ3n) is 1.80. The molecule has 0 bridgehead atoms. The first-order chi connectivity index (χ1) is 7.59. The molecular formula is C9H14N4OS2. The van der Waals surface area contributed by atoms with Crippen molar-refractivity contribution in [2.45, 2.75) is 6.42 Å². The predicted octanol–water partition coefficient (Wildman–Crippen LogP) is 0.291. The van der Waals surface area contributed by atoms with Gasteiger partial charge in [0, 0.05) is 35.5 Å². The van der Waals surface area contributed by atoms with Gasteiger partial charge in [-0.2, -0.15) is 0 Å². The summed E-state index contributed by atoms with van der Waals surface area (Å²) in [4.78, 5) is 8.40. The highest BCUT2D eigenvalue weighted by molar-refractivity contribution is 7.84. The summed E-state index contributed by atoms with van der Waals surface area (Å²) in [6.45, 7) is 0.681. The largest absolute Gasteiger partial charge is 0.388 e. The lowest BCUT2D eigenvalue weighted by Crippen LogP contribution is -2.14. The molecule has 1 atom stereocenters. The van der Waals surface area contributed by atoms with Gasteiger partial charge in [0.2, 0.25) is 5.95 Å². The molecule has 1 rings (SSSR count). The minimum atomic E-state index is -0.757. The van der Waals surface area contributed by atoms with E-state index in [2.05, 4.69) is 15.3 Å². The number of nitrogens with one attached hydrogen (secondary N) is 1. The Balaban J connectivity index is 2.45. The summed E-state index contributed by atoms with van der Waals surface area (Å²) in [6.07, 6.45) is 4.09. The summed E-state index contributed by atoms with van der Waals surface area (Å²) in [7, 11) is -0.757. The van der Waals surface area contributed by atoms with E-state index in [4.69, 9.17) is 18.0 Å². The minimum absolute atomic E-state index is 0.250. The van der Waals surface area contributed by atoms with Crippen LogP contribution < -0.4 is 11.1 Å². The SMILES string of the molecule is CS(=O)CCCNc1nccc(C(N)=S)n1. The van der Waals surface area contributed by atoms with Crippen LogP contribution in [-0.2, 0) is 10.8 Å². The van der Waals surface area contributed by atoms with Crippen LogP contribution in [0.5, 0.6) is 0 Å². The number of hydrogen-bond acceptors (Lipinski definition) is 5. The molecule has 7 heteroatoms. The van der Waals surface area contributed by atoms with E-state index in [1.807, 2.05) is 0 Å². The summed E-state index contributed by atoms with van der Waals surface area (Å²) in [5.41, 5.74) is 6.00. The van der Waals surface area contributed by atoms with Crippen molar-refractivity contribution in [3.63, 3.8) is 0 Å². The number of hydrogen-bond donors (Lipinski definition) is 2. The van der Waals surface area contributed by atoms with Crippen LogP contribution in [0.2, 0.25) is 0 Å². The molecule has 88 valence electrons. The van der Waals surface area contributed by atoms with Crippen LogP contribution in [0.3, 0.4) is 0 Å². The molecule has 0 saturated carbocycles. The molecule has 1 aromatic heterocycles. The lowest BCUT2D eigenvalue weighted by molar-refractivity contribution is 0.685. The molecule has 0 amide bonds. The number of nitrogens with zero attached hydrogens (tertiary/aromatic N) is 2. The van der Waals surface area contributed by atoms with E-state index in [1.165, 1.54) is 0 Å². The first-order valence-corrected chi connectivity index (χ1v) is 6.90. The van der Waals surface area contributed by atoms with Gasteiger partial charge in [-0.15, -0.1) is 0 Å². The zero-order valence-electron chi connectivity index (χ0n) is 8.97. The molecule has 0 aromatic carbocycles. The maximum absolute atomic E-state index is 10.8. The molecule has 0 aliphatic rings. The van der Waals surface area contributed by atoms with E-state index in [0.29, 0.717) is 23.9 Å². The Kier molecular flexibility index (Phi) is 5.27. The van der Waals surface area contributed by atoms with Crippen LogP contribution in [0.25, 0.3) is 0 Å². The van der Waals surface area contributed by atoms with Crippen molar-refractivity contribution in [3.8, 4) is 0 Å². The van der Waals surface area contributed by atoms with Gasteiger partial charge in [-0.3, -0.25) is 4.21 Å². The third kappa shape index (κ3) is 4.63. The molecule has 16 heavy (non-hydrogen) atoms. The van der Waals surface area contributed by atoms with Crippen LogP contribution in [0.1, 0.15) is 12.1 Å². The summed E-state index contributed by atoms with van der Waals surface area (Å²) in [5.74, 6) is 1.16. The number of anilines is 1. The van der Waals surface area contributed by atoms with Crippen molar-refractivity contribution >= 4 is 34.0 Å². The van der Waals surface area contributed by atoms with Crippen molar-refractivity contribution in [2.24, 2.45) is 5.73 Å². The number of nitrogens with two attached hydrogens (primary N) is 1. The van der Waals surface area contributed by atoms with Gasteiger partial charge in [0.25, 0.3) is 0 Å². The van der Waals surface area contributed by atoms with Gasteiger partial charge < -0.3 is 11.1 Å². The standard InChI is InChI=1S/C9H14N4OS2/c1-16(14)6-2-4-11-9-12-5-3-7(13-9)8(10)15/h3,5H,2,4,6H2,1H3,(H2,10,15)(H,11,12,13). The van der Waals surface area contributed by atoms with Crippen LogP contribution >= 0.6 is 12.2 Å². The highest BCUT2D eigenvalue weighted by Gasteiger charge is 2.00. The molecule has 0 radical (unpaired) electrons. The summed E-state index contributed by atoms with van der Waals surface area (Å²) in [6, 6.07) is 1.66. The average molecular weight is 258 g/mol. The fourth-order valence-corrected chi connectivity index (χ4v) is 1.72. The minimum Gasteiger partial charge on any atom is -0.388 e. The van der Waals surface area contributed by atoms with Gasteiger partial charge >= 0.3 is 0 Å². The van der Waals surface area contributed by atoms with Gasteiger partial charge in [-0.25, -0.2) is 9.97 Å². The average Bonchev–Trinajstić information content (AvgIpc) is 2.24. The Labute approximate surface area is 102 Å². The topological polar surface area (TPSA) is 80.9 Å². The van der Waals surface area contributed by atoms with Gasteiger partial charge in [0.1, 0.15) is 10.7 Å². The highest BCUT2D eigenvalue weighted by atomic mass is 32.2. The Morgan fingerprint density at radius 1 is 1.69 bits per heavy atom. The maximum atomic E-state index is 10.8. The molecule has 5 nitrogen and oxygen atoms in total. The second kappa shape index (κ2) is 6.49. The molecule has 0 spiro atoms. The van der Waals surface area contributed by atoms with E-state index in [0.717, 1.165) is 6.42 Å². The van der Waals surface area contributed by atoms with Crippen molar-refractivity contribution in [3.05, 3.63) is 18.0 Å².